The molecule has 0 spiro atoms. The van der Waals surface area contributed by atoms with E-state index in [4.69, 9.17) is 14.5 Å². The van der Waals surface area contributed by atoms with Gasteiger partial charge in [0.15, 0.2) is 11.3 Å². The summed E-state index contributed by atoms with van der Waals surface area (Å²) in [4.78, 5) is 53.0. The third-order valence-corrected chi connectivity index (χ3v) is 13.0. The molecule has 1 aliphatic carbocycles. The fourth-order valence-corrected chi connectivity index (χ4v) is 9.70. The van der Waals surface area contributed by atoms with Gasteiger partial charge in [0.05, 0.1) is 54.7 Å². The molecular weight excluding hydrogens is 801 g/mol. The number of hydrogen-bond acceptors (Lipinski definition) is 11. The Labute approximate surface area is 355 Å². The number of amides is 4. The molecule has 2 bridgehead atoms. The smallest absolute Gasteiger partial charge is 0.328 e. The van der Waals surface area contributed by atoms with Gasteiger partial charge in [-0.1, -0.05) is 24.0 Å². The van der Waals surface area contributed by atoms with Gasteiger partial charge in [-0.25, -0.2) is 23.1 Å². The van der Waals surface area contributed by atoms with Gasteiger partial charge in [0.25, 0.3) is 12.3 Å². The van der Waals surface area contributed by atoms with Crippen molar-refractivity contribution in [3.05, 3.63) is 72.1 Å². The third kappa shape index (κ3) is 8.07. The first-order valence-electron chi connectivity index (χ1n) is 21.5. The molecule has 4 aromatic heterocycles. The van der Waals surface area contributed by atoms with Crippen molar-refractivity contribution in [3.8, 4) is 11.8 Å². The molecule has 4 saturated heterocycles. The Morgan fingerprint density at radius 1 is 1.02 bits per heavy atom. The van der Waals surface area contributed by atoms with Crippen LogP contribution in [0.2, 0.25) is 0 Å². The van der Waals surface area contributed by atoms with Crippen LogP contribution in [0.1, 0.15) is 85.4 Å². The van der Waals surface area contributed by atoms with Crippen LogP contribution in [0.4, 0.5) is 30.8 Å². The van der Waals surface area contributed by atoms with E-state index in [1.54, 1.807) is 29.5 Å². The minimum absolute atomic E-state index is 0.00227. The number of piperidine rings is 1. The van der Waals surface area contributed by atoms with E-state index in [0.29, 0.717) is 37.0 Å². The Hall–Kier alpha value is -6.03. The molecule has 4 aliphatic heterocycles. The maximum Gasteiger partial charge on any atom is 0.328 e. The van der Waals surface area contributed by atoms with Crippen molar-refractivity contribution in [1.82, 2.24) is 39.6 Å². The highest BCUT2D eigenvalue weighted by molar-refractivity contribution is 6.10. The van der Waals surface area contributed by atoms with Gasteiger partial charge in [-0.05, 0) is 63.0 Å². The number of aromatic nitrogens is 6. The molecule has 5 aliphatic rings. The molecule has 62 heavy (non-hydrogen) atoms. The summed E-state index contributed by atoms with van der Waals surface area (Å²) in [5, 5.41) is 15.3. The summed E-state index contributed by atoms with van der Waals surface area (Å²) in [7, 11) is 0. The summed E-state index contributed by atoms with van der Waals surface area (Å²) in [5.74, 6) is 6.77. The molecule has 4 amide bonds. The Morgan fingerprint density at radius 2 is 1.87 bits per heavy atom. The number of alkyl halides is 2. The monoisotopic (exact) mass is 847 g/mol. The number of anilines is 3. The van der Waals surface area contributed by atoms with Crippen molar-refractivity contribution in [3.63, 3.8) is 0 Å². The van der Waals surface area contributed by atoms with Gasteiger partial charge in [-0.15, -0.1) is 0 Å². The third-order valence-electron chi connectivity index (χ3n) is 13.0. The topological polar surface area (TPSA) is 164 Å². The van der Waals surface area contributed by atoms with Gasteiger partial charge in [-0.3, -0.25) is 29.5 Å². The second-order valence-electron chi connectivity index (χ2n) is 16.9. The summed E-state index contributed by atoms with van der Waals surface area (Å²) in [6.07, 6.45) is 12.1. The van der Waals surface area contributed by atoms with Gasteiger partial charge in [0, 0.05) is 74.1 Å². The van der Waals surface area contributed by atoms with Crippen molar-refractivity contribution in [2.45, 2.75) is 82.1 Å². The molecule has 2 atom stereocenters. The Bertz CT molecular complexity index is 2570. The van der Waals surface area contributed by atoms with E-state index in [2.05, 4.69) is 47.5 Å². The standard InChI is InChI=1S/C44H47F2N11O5/c45-41(46)40-36(49-43(59)35-21-48-56-17-12-38(50-42(35)56)55-24-32-19-30(55)26-62-32)25-57(52-40)29-8-6-27(7-9-29)23-53-14-10-31(11-15-53)61-18-2-4-28-3-1-5-33-34(28)20-47-22-37(33)54-16-13-39(58)51-44(54)60/h1,3,5,12,17,20-22,25,27,29-32,41H,6-11,13-16,18-19,23-24,26H2,(H,49,59)(H,51,58,60)/t27?,29?,30-,32-/m1/s1. The van der Waals surface area contributed by atoms with E-state index >= 15 is 0 Å². The molecule has 5 fully saturated rings. The van der Waals surface area contributed by atoms with Crippen LogP contribution < -0.4 is 20.4 Å². The largest absolute Gasteiger partial charge is 0.374 e. The van der Waals surface area contributed by atoms with Crippen molar-refractivity contribution in [2.75, 3.05) is 61.1 Å². The first kappa shape index (κ1) is 40.1. The average Bonchev–Trinajstić information content (AvgIpc) is 4.11. The molecule has 0 radical (unpaired) electrons. The van der Waals surface area contributed by atoms with Crippen LogP contribution in [0.15, 0.2) is 55.2 Å². The van der Waals surface area contributed by atoms with Gasteiger partial charge in [-0.2, -0.15) is 10.2 Å². The van der Waals surface area contributed by atoms with Crippen LogP contribution in [0.3, 0.4) is 0 Å². The lowest BCUT2D eigenvalue weighted by Crippen LogP contribution is -2.49. The van der Waals surface area contributed by atoms with E-state index in [1.807, 2.05) is 24.3 Å². The van der Waals surface area contributed by atoms with Gasteiger partial charge >= 0.3 is 6.03 Å². The minimum Gasteiger partial charge on any atom is -0.374 e. The number of pyridine rings is 1. The number of halogens is 2. The normalized spacial score (nSPS) is 23.3. The molecule has 16 nitrogen and oxygen atoms in total. The highest BCUT2D eigenvalue weighted by atomic mass is 19.3. The first-order chi connectivity index (χ1) is 30.2. The Kier molecular flexibility index (Phi) is 11.0. The quantitative estimate of drug-likeness (QED) is 0.174. The second kappa shape index (κ2) is 17.0. The molecule has 8 heterocycles. The van der Waals surface area contributed by atoms with Crippen LogP contribution in [0, 0.1) is 17.8 Å². The average molecular weight is 848 g/mol. The minimum atomic E-state index is -2.86. The van der Waals surface area contributed by atoms with Crippen LogP contribution in [-0.2, 0) is 14.3 Å². The van der Waals surface area contributed by atoms with E-state index in [1.165, 1.54) is 15.6 Å². The molecule has 5 aromatic rings. The molecule has 0 unspecified atom stereocenters. The Balaban J connectivity index is 0.694. The van der Waals surface area contributed by atoms with E-state index < -0.39 is 24.1 Å². The number of imide groups is 1. The number of rotatable bonds is 10. The maximum absolute atomic E-state index is 14.3. The summed E-state index contributed by atoms with van der Waals surface area (Å²) in [5.41, 5.74) is 1.54. The number of fused-ring (bicyclic) bond motifs is 4. The zero-order valence-corrected chi connectivity index (χ0v) is 34.1. The van der Waals surface area contributed by atoms with Crippen molar-refractivity contribution >= 4 is 51.5 Å². The lowest BCUT2D eigenvalue weighted by Gasteiger charge is -2.36. The lowest BCUT2D eigenvalue weighted by atomic mass is 9.85. The van der Waals surface area contributed by atoms with Crippen molar-refractivity contribution < 1.29 is 32.6 Å². The fraction of sp³-hybridized carbons (Fsp3) is 0.477. The summed E-state index contributed by atoms with van der Waals surface area (Å²) in [6.45, 7) is 4.83. The molecule has 18 heteroatoms. The molecular formula is C44H47F2N11O5. The summed E-state index contributed by atoms with van der Waals surface area (Å²) >= 11 is 0. The molecule has 1 saturated carbocycles. The van der Waals surface area contributed by atoms with Gasteiger partial charge < -0.3 is 24.6 Å². The SMILES string of the molecule is O=C1CCN(c2cncc3c(C#CCOC4CCN(CC5CCC(n6cc(NC(=O)c7cnn8ccc(N9C[C@H]%10C[C@@H]9CO%10)nc78)c(C(F)F)n6)CC5)CC4)cccc23)C(=O)N1. The number of ether oxygens (including phenoxy) is 2. The van der Waals surface area contributed by atoms with Gasteiger partial charge in [0.2, 0.25) is 5.91 Å². The number of hydrogen-bond donors (Lipinski definition) is 2. The van der Waals surface area contributed by atoms with Crippen LogP contribution in [0.25, 0.3) is 16.4 Å². The summed E-state index contributed by atoms with van der Waals surface area (Å²) in [6, 6.07) is 7.37. The summed E-state index contributed by atoms with van der Waals surface area (Å²) < 4.78 is 43.6. The van der Waals surface area contributed by atoms with Crippen molar-refractivity contribution in [2.24, 2.45) is 5.92 Å². The number of nitrogens with zero attached hydrogens (tertiary/aromatic N) is 9. The predicted octanol–water partition coefficient (Wildman–Crippen LogP) is 5.35. The predicted molar refractivity (Wildman–Crippen MR) is 224 cm³/mol. The number of urea groups is 1. The molecule has 1 aromatic carbocycles. The zero-order valence-electron chi connectivity index (χ0n) is 34.1. The van der Waals surface area contributed by atoms with Crippen molar-refractivity contribution in [1.29, 1.82) is 0 Å². The maximum atomic E-state index is 14.3. The number of benzene rings is 1. The van der Waals surface area contributed by atoms with Gasteiger partial charge in [0.1, 0.15) is 18.0 Å². The number of morpholine rings is 1. The number of nitrogens with one attached hydrogen (secondary N) is 2. The lowest BCUT2D eigenvalue weighted by molar-refractivity contribution is -0.120. The number of carbonyl (C=O) groups excluding carboxylic acids is 3. The zero-order chi connectivity index (χ0) is 42.3. The first-order valence-corrected chi connectivity index (χ1v) is 21.5. The van der Waals surface area contributed by atoms with E-state index in [0.717, 1.165) is 93.3 Å². The van der Waals surface area contributed by atoms with Crippen LogP contribution >= 0.6 is 0 Å². The number of carbonyl (C=O) groups is 3. The number of likely N-dealkylation sites (tertiary alicyclic amines) is 1. The fourth-order valence-electron chi connectivity index (χ4n) is 9.70. The molecule has 2 N–H and O–H groups in total. The highest BCUT2D eigenvalue weighted by Gasteiger charge is 2.40. The van der Waals surface area contributed by atoms with Crippen LogP contribution in [-0.4, -0.2) is 116 Å². The van der Waals surface area contributed by atoms with E-state index in [9.17, 15) is 23.2 Å². The molecule has 322 valence electrons. The highest BCUT2D eigenvalue weighted by Crippen LogP contribution is 2.37. The molecule has 10 rings (SSSR count). The van der Waals surface area contributed by atoms with E-state index in [-0.39, 0.29) is 47.9 Å². The van der Waals surface area contributed by atoms with Crippen LogP contribution in [0.5, 0.6) is 0 Å². The second-order valence-corrected chi connectivity index (χ2v) is 16.9. The Morgan fingerprint density at radius 3 is 2.65 bits per heavy atom.